The fourth-order valence-corrected chi connectivity index (χ4v) is 1.95. The minimum atomic E-state index is -1.000. The van der Waals surface area contributed by atoms with Crippen LogP contribution in [0.2, 0.25) is 0 Å². The Hall–Kier alpha value is -3.08. The van der Waals surface area contributed by atoms with E-state index >= 15 is 0 Å². The number of aliphatic hydroxyl groups excluding tert-OH is 1. The van der Waals surface area contributed by atoms with Gasteiger partial charge < -0.3 is 14.6 Å². The van der Waals surface area contributed by atoms with Gasteiger partial charge >= 0.3 is 5.97 Å². The molecule has 124 valence electrons. The van der Waals surface area contributed by atoms with E-state index in [-0.39, 0.29) is 12.4 Å². The molecule has 0 bridgehead atoms. The lowest BCUT2D eigenvalue weighted by Gasteiger charge is -2.08. The van der Waals surface area contributed by atoms with Crippen molar-refractivity contribution in [1.82, 2.24) is 0 Å². The van der Waals surface area contributed by atoms with Gasteiger partial charge in [-0.05, 0) is 24.6 Å². The van der Waals surface area contributed by atoms with Crippen LogP contribution in [0, 0.1) is 0 Å². The molecule has 0 saturated heterocycles. The van der Waals surface area contributed by atoms with Crippen molar-refractivity contribution < 1.29 is 24.2 Å². The van der Waals surface area contributed by atoms with Crippen molar-refractivity contribution in [2.24, 2.45) is 0 Å². The Morgan fingerprint density at radius 3 is 2.54 bits per heavy atom. The van der Waals surface area contributed by atoms with Crippen molar-refractivity contribution in [3.05, 3.63) is 71.8 Å². The van der Waals surface area contributed by atoms with E-state index in [9.17, 15) is 14.7 Å². The zero-order chi connectivity index (χ0) is 17.4. The minimum absolute atomic E-state index is 0.0992. The van der Waals surface area contributed by atoms with Crippen LogP contribution in [0.3, 0.4) is 0 Å². The van der Waals surface area contributed by atoms with Gasteiger partial charge in [0.1, 0.15) is 18.1 Å². The first-order valence-corrected chi connectivity index (χ1v) is 7.49. The van der Waals surface area contributed by atoms with E-state index < -0.39 is 11.8 Å². The third kappa shape index (κ3) is 4.98. The van der Waals surface area contributed by atoms with Crippen LogP contribution < -0.4 is 4.74 Å². The molecule has 2 rings (SSSR count). The summed E-state index contributed by atoms with van der Waals surface area (Å²) in [4.78, 5) is 22.9. The summed E-state index contributed by atoms with van der Waals surface area (Å²) in [6.07, 6.45) is 0.842. The van der Waals surface area contributed by atoms with Crippen molar-refractivity contribution in [3.8, 4) is 5.75 Å². The van der Waals surface area contributed by atoms with Crippen LogP contribution in [0.25, 0.3) is 5.76 Å². The zero-order valence-electron chi connectivity index (χ0n) is 13.3. The first-order chi connectivity index (χ1) is 11.6. The molecule has 0 unspecified atom stereocenters. The fourth-order valence-electron chi connectivity index (χ4n) is 1.95. The van der Waals surface area contributed by atoms with Crippen LogP contribution in [-0.4, -0.2) is 23.5 Å². The Labute approximate surface area is 140 Å². The molecule has 5 nitrogen and oxygen atoms in total. The standard InChI is InChI=1S/C19H18O5/c1-2-23-19(22)18(21)12-17(20)15-9-6-10-16(11-15)24-13-14-7-4-3-5-8-14/h3-12,20H,2,13H2,1H3/b17-12+. The Morgan fingerprint density at radius 1 is 1.08 bits per heavy atom. The van der Waals surface area contributed by atoms with Gasteiger partial charge in [0, 0.05) is 11.6 Å². The topological polar surface area (TPSA) is 72.8 Å². The molecule has 0 heterocycles. The van der Waals surface area contributed by atoms with E-state index in [1.807, 2.05) is 30.3 Å². The molecular weight excluding hydrogens is 308 g/mol. The molecule has 0 atom stereocenters. The van der Waals surface area contributed by atoms with Gasteiger partial charge in [-0.2, -0.15) is 0 Å². The van der Waals surface area contributed by atoms with Crippen LogP contribution in [0.15, 0.2) is 60.7 Å². The first-order valence-electron chi connectivity index (χ1n) is 7.49. The molecule has 0 aliphatic carbocycles. The molecule has 0 radical (unpaired) electrons. The van der Waals surface area contributed by atoms with Gasteiger partial charge in [-0.3, -0.25) is 4.79 Å². The highest BCUT2D eigenvalue weighted by atomic mass is 16.5. The predicted octanol–water partition coefficient (Wildman–Crippen LogP) is 3.30. The van der Waals surface area contributed by atoms with Gasteiger partial charge in [-0.1, -0.05) is 42.5 Å². The second-order valence-electron chi connectivity index (χ2n) is 4.92. The van der Waals surface area contributed by atoms with Gasteiger partial charge in [0.25, 0.3) is 5.78 Å². The molecule has 0 aromatic heterocycles. The van der Waals surface area contributed by atoms with Gasteiger partial charge in [0.2, 0.25) is 0 Å². The monoisotopic (exact) mass is 326 g/mol. The molecule has 0 aliphatic rings. The van der Waals surface area contributed by atoms with Crippen molar-refractivity contribution in [1.29, 1.82) is 0 Å². The number of ketones is 1. The normalized spacial score (nSPS) is 11.0. The lowest BCUT2D eigenvalue weighted by Crippen LogP contribution is -2.15. The van der Waals surface area contributed by atoms with Gasteiger partial charge in [-0.15, -0.1) is 0 Å². The highest BCUT2D eigenvalue weighted by Crippen LogP contribution is 2.19. The highest BCUT2D eigenvalue weighted by Gasteiger charge is 2.14. The summed E-state index contributed by atoms with van der Waals surface area (Å²) in [5, 5.41) is 9.99. The summed E-state index contributed by atoms with van der Waals surface area (Å²) in [5.74, 6) is -1.69. The van der Waals surface area contributed by atoms with E-state index in [1.54, 1.807) is 31.2 Å². The maximum atomic E-state index is 11.6. The van der Waals surface area contributed by atoms with Crippen LogP contribution in [0.1, 0.15) is 18.1 Å². The number of carbonyl (C=O) groups is 2. The molecule has 24 heavy (non-hydrogen) atoms. The maximum Gasteiger partial charge on any atom is 0.379 e. The maximum absolute atomic E-state index is 11.6. The van der Waals surface area contributed by atoms with E-state index in [0.717, 1.165) is 11.6 Å². The van der Waals surface area contributed by atoms with Crippen molar-refractivity contribution in [2.75, 3.05) is 6.61 Å². The fraction of sp³-hybridized carbons (Fsp3) is 0.158. The van der Waals surface area contributed by atoms with Crippen molar-refractivity contribution >= 4 is 17.5 Å². The van der Waals surface area contributed by atoms with Gasteiger partial charge in [0.15, 0.2) is 0 Å². The second kappa shape index (κ2) is 8.53. The van der Waals surface area contributed by atoms with Crippen LogP contribution in [-0.2, 0) is 20.9 Å². The smallest absolute Gasteiger partial charge is 0.379 e. The largest absolute Gasteiger partial charge is 0.507 e. The average molecular weight is 326 g/mol. The molecule has 0 spiro atoms. The molecule has 5 heteroatoms. The Bertz CT molecular complexity index is 734. The molecule has 2 aromatic carbocycles. The van der Waals surface area contributed by atoms with E-state index in [2.05, 4.69) is 4.74 Å². The molecule has 0 amide bonds. The Morgan fingerprint density at radius 2 is 1.83 bits per heavy atom. The first kappa shape index (κ1) is 17.3. The summed E-state index contributed by atoms with van der Waals surface area (Å²) >= 11 is 0. The number of benzene rings is 2. The van der Waals surface area contributed by atoms with Crippen LogP contribution >= 0.6 is 0 Å². The minimum Gasteiger partial charge on any atom is -0.507 e. The number of hydrogen-bond donors (Lipinski definition) is 1. The average Bonchev–Trinajstić information content (AvgIpc) is 2.61. The molecule has 0 saturated carbocycles. The molecule has 1 N–H and O–H groups in total. The molecule has 0 fully saturated rings. The third-order valence-electron chi connectivity index (χ3n) is 3.12. The van der Waals surface area contributed by atoms with Crippen LogP contribution in [0.4, 0.5) is 0 Å². The molecule has 0 aliphatic heterocycles. The SMILES string of the molecule is CCOC(=O)C(=O)/C=C(/O)c1cccc(OCc2ccccc2)c1. The summed E-state index contributed by atoms with van der Waals surface area (Å²) in [6.45, 7) is 2.08. The highest BCUT2D eigenvalue weighted by molar-refractivity contribution is 6.39. The number of ether oxygens (including phenoxy) is 2. The van der Waals surface area contributed by atoms with Gasteiger partial charge in [-0.25, -0.2) is 4.79 Å². The van der Waals surface area contributed by atoms with E-state index in [1.165, 1.54) is 0 Å². The molecular formula is C19H18O5. The number of rotatable bonds is 7. The Balaban J connectivity index is 2.06. The lowest BCUT2D eigenvalue weighted by atomic mass is 10.1. The summed E-state index contributed by atoms with van der Waals surface area (Å²) in [5.41, 5.74) is 1.39. The zero-order valence-corrected chi connectivity index (χ0v) is 13.3. The number of esters is 1. The predicted molar refractivity (Wildman–Crippen MR) is 89.5 cm³/mol. The second-order valence-corrected chi connectivity index (χ2v) is 4.92. The summed E-state index contributed by atoms with van der Waals surface area (Å²) in [7, 11) is 0. The Kier molecular flexibility index (Phi) is 6.14. The summed E-state index contributed by atoms with van der Waals surface area (Å²) < 4.78 is 10.2. The summed E-state index contributed by atoms with van der Waals surface area (Å²) in [6, 6.07) is 16.3. The third-order valence-corrected chi connectivity index (χ3v) is 3.12. The molecule has 2 aromatic rings. The van der Waals surface area contributed by atoms with Crippen molar-refractivity contribution in [2.45, 2.75) is 13.5 Å². The number of aliphatic hydroxyl groups is 1. The van der Waals surface area contributed by atoms with Gasteiger partial charge in [0.05, 0.1) is 6.61 Å². The quantitative estimate of drug-likeness (QED) is 0.366. The van der Waals surface area contributed by atoms with E-state index in [0.29, 0.717) is 17.9 Å². The van der Waals surface area contributed by atoms with E-state index in [4.69, 9.17) is 4.74 Å². The van der Waals surface area contributed by atoms with Crippen LogP contribution in [0.5, 0.6) is 5.75 Å². The number of carbonyl (C=O) groups excluding carboxylic acids is 2. The number of hydrogen-bond acceptors (Lipinski definition) is 5. The lowest BCUT2D eigenvalue weighted by molar-refractivity contribution is -0.151. The van der Waals surface area contributed by atoms with Crippen molar-refractivity contribution in [3.63, 3.8) is 0 Å².